The Morgan fingerprint density at radius 2 is 1.79 bits per heavy atom. The number of amides is 1. The fourth-order valence-corrected chi connectivity index (χ4v) is 1.70. The van der Waals surface area contributed by atoms with Gasteiger partial charge in [-0.2, -0.15) is 0 Å². The first-order chi connectivity index (χ1) is 8.67. The fourth-order valence-electron chi connectivity index (χ4n) is 1.70. The number of nitrogens with one attached hydrogen (secondary N) is 1. The van der Waals surface area contributed by atoms with Crippen molar-refractivity contribution in [3.05, 3.63) is 0 Å². The maximum Gasteiger partial charge on any atom is 0.303 e. The van der Waals surface area contributed by atoms with Crippen molar-refractivity contribution in [2.75, 3.05) is 13.1 Å². The molecule has 0 saturated heterocycles. The second kappa shape index (κ2) is 7.48. The number of carboxylic acids is 1. The van der Waals surface area contributed by atoms with Crippen LogP contribution < -0.4 is 11.1 Å². The van der Waals surface area contributed by atoms with Crippen molar-refractivity contribution >= 4 is 11.9 Å². The summed E-state index contributed by atoms with van der Waals surface area (Å²) in [5.74, 6) is -0.801. The molecule has 0 saturated carbocycles. The predicted molar refractivity (Wildman–Crippen MR) is 75.7 cm³/mol. The highest BCUT2D eigenvalue weighted by Gasteiger charge is 2.29. The Kier molecular flexibility index (Phi) is 7.05. The monoisotopic (exact) mass is 272 g/mol. The number of hydrogen-bond acceptors (Lipinski definition) is 3. The van der Waals surface area contributed by atoms with E-state index in [-0.39, 0.29) is 17.7 Å². The van der Waals surface area contributed by atoms with E-state index < -0.39 is 11.4 Å². The predicted octanol–water partition coefficient (Wildman–Crippen LogP) is 1.76. The first kappa shape index (κ1) is 17.9. The van der Waals surface area contributed by atoms with Crippen LogP contribution in [-0.2, 0) is 9.59 Å². The third-order valence-corrected chi connectivity index (χ3v) is 3.88. The van der Waals surface area contributed by atoms with Crippen LogP contribution in [0.5, 0.6) is 0 Å². The fraction of sp³-hybridized carbons (Fsp3) is 0.857. The minimum Gasteiger partial charge on any atom is -0.481 e. The maximum atomic E-state index is 12.0. The summed E-state index contributed by atoms with van der Waals surface area (Å²) < 4.78 is 0. The van der Waals surface area contributed by atoms with E-state index >= 15 is 0 Å². The molecule has 0 rings (SSSR count). The molecule has 5 nitrogen and oxygen atoms in total. The number of rotatable bonds is 9. The molecule has 0 fully saturated rings. The summed E-state index contributed by atoms with van der Waals surface area (Å²) in [5, 5.41) is 11.6. The van der Waals surface area contributed by atoms with E-state index in [1.165, 1.54) is 0 Å². The Morgan fingerprint density at radius 3 is 2.21 bits per heavy atom. The van der Waals surface area contributed by atoms with Crippen LogP contribution in [0.1, 0.15) is 53.4 Å². The number of carbonyl (C=O) groups is 2. The van der Waals surface area contributed by atoms with Crippen molar-refractivity contribution in [2.24, 2.45) is 16.6 Å². The molecule has 4 N–H and O–H groups in total. The summed E-state index contributed by atoms with van der Waals surface area (Å²) in [6.07, 6.45) is 2.24. The quantitative estimate of drug-likeness (QED) is 0.596. The molecule has 5 heteroatoms. The minimum atomic E-state index is -0.779. The van der Waals surface area contributed by atoms with Crippen molar-refractivity contribution in [1.82, 2.24) is 5.32 Å². The highest BCUT2D eigenvalue weighted by molar-refractivity contribution is 5.82. The molecule has 0 aromatic heterocycles. The molecule has 19 heavy (non-hydrogen) atoms. The van der Waals surface area contributed by atoms with Gasteiger partial charge in [0.25, 0.3) is 0 Å². The zero-order valence-electron chi connectivity index (χ0n) is 12.6. The topological polar surface area (TPSA) is 92.4 Å². The van der Waals surface area contributed by atoms with Gasteiger partial charge in [0, 0.05) is 19.5 Å². The van der Waals surface area contributed by atoms with Crippen LogP contribution in [0.3, 0.4) is 0 Å². The molecule has 1 atom stereocenters. The summed E-state index contributed by atoms with van der Waals surface area (Å²) in [6.45, 7) is 8.73. The molecule has 0 bridgehead atoms. The van der Waals surface area contributed by atoms with E-state index in [9.17, 15) is 9.59 Å². The summed E-state index contributed by atoms with van der Waals surface area (Å²) in [4.78, 5) is 22.5. The largest absolute Gasteiger partial charge is 0.481 e. The lowest BCUT2D eigenvalue weighted by Crippen LogP contribution is -2.44. The maximum absolute atomic E-state index is 12.0. The van der Waals surface area contributed by atoms with Crippen molar-refractivity contribution in [3.8, 4) is 0 Å². The average Bonchev–Trinajstić information content (AvgIpc) is 2.35. The highest BCUT2D eigenvalue weighted by atomic mass is 16.4. The smallest absolute Gasteiger partial charge is 0.303 e. The third-order valence-electron chi connectivity index (χ3n) is 3.88. The molecular formula is C14H28N2O3. The molecule has 0 aliphatic rings. The van der Waals surface area contributed by atoms with Gasteiger partial charge in [-0.05, 0) is 31.6 Å². The number of carbonyl (C=O) groups excluding carboxylic acids is 1. The van der Waals surface area contributed by atoms with Crippen molar-refractivity contribution in [1.29, 1.82) is 0 Å². The van der Waals surface area contributed by atoms with Crippen LogP contribution in [0.4, 0.5) is 0 Å². The van der Waals surface area contributed by atoms with Gasteiger partial charge in [0.1, 0.15) is 0 Å². The van der Waals surface area contributed by atoms with E-state index in [0.29, 0.717) is 25.9 Å². The van der Waals surface area contributed by atoms with Crippen molar-refractivity contribution in [3.63, 3.8) is 0 Å². The molecule has 1 amide bonds. The van der Waals surface area contributed by atoms with Gasteiger partial charge in [0.15, 0.2) is 0 Å². The molecule has 0 radical (unpaired) electrons. The molecule has 0 aliphatic heterocycles. The van der Waals surface area contributed by atoms with Crippen LogP contribution >= 0.6 is 0 Å². The van der Waals surface area contributed by atoms with Crippen LogP contribution in [0.2, 0.25) is 0 Å². The number of hydrogen-bond donors (Lipinski definition) is 3. The Labute approximate surface area is 115 Å². The molecule has 0 aromatic carbocycles. The zero-order valence-corrected chi connectivity index (χ0v) is 12.6. The highest BCUT2D eigenvalue weighted by Crippen LogP contribution is 2.26. The van der Waals surface area contributed by atoms with Gasteiger partial charge < -0.3 is 16.2 Å². The summed E-state index contributed by atoms with van der Waals surface area (Å²) in [7, 11) is 0. The van der Waals surface area contributed by atoms with Gasteiger partial charge >= 0.3 is 5.97 Å². The minimum absolute atomic E-state index is 0.0217. The first-order valence-corrected chi connectivity index (χ1v) is 6.87. The average molecular weight is 272 g/mol. The lowest BCUT2D eigenvalue weighted by Gasteiger charge is -2.27. The van der Waals surface area contributed by atoms with Crippen LogP contribution in [0.15, 0.2) is 0 Å². The van der Waals surface area contributed by atoms with Gasteiger partial charge in [0.05, 0.1) is 5.41 Å². The van der Waals surface area contributed by atoms with Gasteiger partial charge in [-0.1, -0.05) is 20.8 Å². The summed E-state index contributed by atoms with van der Waals surface area (Å²) in [5.41, 5.74) is 5.04. The van der Waals surface area contributed by atoms with Gasteiger partial charge in [-0.3, -0.25) is 9.59 Å². The molecule has 1 unspecified atom stereocenters. The van der Waals surface area contributed by atoms with Crippen LogP contribution in [-0.4, -0.2) is 30.1 Å². The summed E-state index contributed by atoms with van der Waals surface area (Å²) in [6, 6.07) is 0. The molecule has 0 heterocycles. The molecular weight excluding hydrogens is 244 g/mol. The van der Waals surface area contributed by atoms with E-state index in [4.69, 9.17) is 10.8 Å². The van der Waals surface area contributed by atoms with E-state index in [1.807, 2.05) is 27.7 Å². The van der Waals surface area contributed by atoms with E-state index in [0.717, 1.165) is 6.42 Å². The standard InChI is InChI=1S/C14H28N2O3/c1-5-14(4,10-15)12(19)16-9-8-13(2,3)7-6-11(17)18/h5-10,15H2,1-4H3,(H,16,19)(H,17,18). The van der Waals surface area contributed by atoms with Crippen LogP contribution in [0.25, 0.3) is 0 Å². The normalized spacial score (nSPS) is 14.8. The van der Waals surface area contributed by atoms with Gasteiger partial charge in [-0.25, -0.2) is 0 Å². The first-order valence-electron chi connectivity index (χ1n) is 6.87. The van der Waals surface area contributed by atoms with Crippen LogP contribution in [0, 0.1) is 10.8 Å². The molecule has 0 aromatic rings. The van der Waals surface area contributed by atoms with E-state index in [1.54, 1.807) is 0 Å². The Balaban J connectivity index is 4.14. The van der Waals surface area contributed by atoms with Crippen molar-refractivity contribution < 1.29 is 14.7 Å². The lowest BCUT2D eigenvalue weighted by atomic mass is 9.83. The number of carboxylic acid groups (broad SMARTS) is 1. The van der Waals surface area contributed by atoms with Gasteiger partial charge in [0.2, 0.25) is 5.91 Å². The van der Waals surface area contributed by atoms with E-state index in [2.05, 4.69) is 5.32 Å². The molecule has 0 spiro atoms. The Morgan fingerprint density at radius 1 is 1.21 bits per heavy atom. The summed E-state index contributed by atoms with van der Waals surface area (Å²) >= 11 is 0. The van der Waals surface area contributed by atoms with Crippen molar-refractivity contribution in [2.45, 2.75) is 53.4 Å². The SMILES string of the molecule is CCC(C)(CN)C(=O)NCCC(C)(C)CCC(=O)O. The Bertz CT molecular complexity index is 310. The Hall–Kier alpha value is -1.10. The van der Waals surface area contributed by atoms with Gasteiger partial charge in [-0.15, -0.1) is 0 Å². The molecule has 112 valence electrons. The lowest BCUT2D eigenvalue weighted by molar-refractivity contribution is -0.137. The third kappa shape index (κ3) is 6.57. The number of nitrogens with two attached hydrogens (primary N) is 1. The molecule has 0 aliphatic carbocycles. The second-order valence-electron chi connectivity index (χ2n) is 6.18. The second-order valence-corrected chi connectivity index (χ2v) is 6.18. The number of aliphatic carboxylic acids is 1. The zero-order chi connectivity index (χ0) is 15.1.